The summed E-state index contributed by atoms with van der Waals surface area (Å²) in [6.45, 7) is 3.36. The molecule has 0 bridgehead atoms. The Hall–Kier alpha value is -2.50. The Morgan fingerprint density at radius 1 is 1.13 bits per heavy atom. The molecule has 0 amide bonds. The van der Waals surface area contributed by atoms with Crippen LogP contribution in [0.3, 0.4) is 0 Å². The Labute approximate surface area is 136 Å². The lowest BCUT2D eigenvalue weighted by atomic mass is 10.2. The first-order valence-electron chi connectivity index (χ1n) is 7.30. The van der Waals surface area contributed by atoms with Gasteiger partial charge >= 0.3 is 11.9 Å². The third kappa shape index (κ3) is 6.42. The average molecular weight is 322 g/mol. The molecule has 1 aromatic rings. The van der Waals surface area contributed by atoms with Crippen molar-refractivity contribution in [1.82, 2.24) is 0 Å². The highest BCUT2D eigenvalue weighted by atomic mass is 16.7. The molecule has 1 aromatic carbocycles. The first kappa shape index (κ1) is 18.5. The highest BCUT2D eigenvalue weighted by molar-refractivity contribution is 5.87. The van der Waals surface area contributed by atoms with E-state index in [1.807, 2.05) is 6.92 Å². The number of rotatable bonds is 8. The molecule has 0 aliphatic heterocycles. The fraction of sp³-hybridized carbons (Fsp3) is 0.412. The van der Waals surface area contributed by atoms with Crippen LogP contribution in [0.25, 0.3) is 6.08 Å². The second kappa shape index (κ2) is 9.50. The maximum absolute atomic E-state index is 11.7. The fourth-order valence-electron chi connectivity index (χ4n) is 1.80. The van der Waals surface area contributed by atoms with E-state index >= 15 is 0 Å². The Kier molecular flexibility index (Phi) is 7.66. The van der Waals surface area contributed by atoms with Crippen LogP contribution in [0.4, 0.5) is 0 Å². The topological polar surface area (TPSA) is 71.1 Å². The Bertz CT molecular complexity index is 564. The van der Waals surface area contributed by atoms with Gasteiger partial charge in [-0.05, 0) is 30.2 Å². The van der Waals surface area contributed by atoms with Gasteiger partial charge in [-0.3, -0.25) is 4.79 Å². The SMILES string of the molecule is CCCC(=O)OC(C)OC(=O)C=Cc1ccc(OC)c(OC)c1. The van der Waals surface area contributed by atoms with Gasteiger partial charge in [0.2, 0.25) is 6.29 Å². The molecule has 0 aromatic heterocycles. The molecule has 6 heteroatoms. The highest BCUT2D eigenvalue weighted by Crippen LogP contribution is 2.27. The maximum atomic E-state index is 11.7. The summed E-state index contributed by atoms with van der Waals surface area (Å²) < 4.78 is 20.2. The predicted octanol–water partition coefficient (Wildman–Crippen LogP) is 2.95. The highest BCUT2D eigenvalue weighted by Gasteiger charge is 2.11. The van der Waals surface area contributed by atoms with Crippen molar-refractivity contribution in [3.63, 3.8) is 0 Å². The second-order valence-corrected chi connectivity index (χ2v) is 4.69. The van der Waals surface area contributed by atoms with Gasteiger partial charge in [-0.15, -0.1) is 0 Å². The molecule has 0 N–H and O–H groups in total. The zero-order chi connectivity index (χ0) is 17.2. The molecule has 0 radical (unpaired) electrons. The molecule has 0 saturated heterocycles. The minimum absolute atomic E-state index is 0.295. The molecular formula is C17H22O6. The van der Waals surface area contributed by atoms with Crippen LogP contribution in [0.2, 0.25) is 0 Å². The summed E-state index contributed by atoms with van der Waals surface area (Å²) >= 11 is 0. The number of benzene rings is 1. The molecule has 1 atom stereocenters. The van der Waals surface area contributed by atoms with E-state index in [0.29, 0.717) is 24.3 Å². The number of methoxy groups -OCH3 is 2. The number of carbonyl (C=O) groups is 2. The predicted molar refractivity (Wildman–Crippen MR) is 85.1 cm³/mol. The summed E-state index contributed by atoms with van der Waals surface area (Å²) in [4.78, 5) is 23.0. The summed E-state index contributed by atoms with van der Waals surface area (Å²) in [7, 11) is 3.08. The van der Waals surface area contributed by atoms with E-state index in [0.717, 1.165) is 5.56 Å². The van der Waals surface area contributed by atoms with Gasteiger partial charge in [-0.1, -0.05) is 13.0 Å². The number of carbonyl (C=O) groups excluding carboxylic acids is 2. The smallest absolute Gasteiger partial charge is 0.333 e. The van der Waals surface area contributed by atoms with Crippen LogP contribution in [0.5, 0.6) is 11.5 Å². The van der Waals surface area contributed by atoms with E-state index < -0.39 is 18.2 Å². The van der Waals surface area contributed by atoms with Crippen LogP contribution in [-0.4, -0.2) is 32.4 Å². The molecule has 23 heavy (non-hydrogen) atoms. The Morgan fingerprint density at radius 2 is 1.83 bits per heavy atom. The van der Waals surface area contributed by atoms with E-state index in [2.05, 4.69) is 0 Å². The van der Waals surface area contributed by atoms with Gasteiger partial charge in [0.1, 0.15) is 0 Å². The summed E-state index contributed by atoms with van der Waals surface area (Å²) in [5, 5.41) is 0. The van der Waals surface area contributed by atoms with Crippen molar-refractivity contribution in [2.75, 3.05) is 14.2 Å². The van der Waals surface area contributed by atoms with Crippen LogP contribution >= 0.6 is 0 Å². The van der Waals surface area contributed by atoms with E-state index in [-0.39, 0.29) is 0 Å². The molecule has 1 rings (SSSR count). The van der Waals surface area contributed by atoms with Crippen molar-refractivity contribution in [1.29, 1.82) is 0 Å². The first-order valence-corrected chi connectivity index (χ1v) is 7.30. The van der Waals surface area contributed by atoms with Crippen LogP contribution in [0.1, 0.15) is 32.3 Å². The summed E-state index contributed by atoms with van der Waals surface area (Å²) in [5.74, 6) is 0.168. The molecule has 0 spiro atoms. The third-order valence-electron chi connectivity index (χ3n) is 2.85. The summed E-state index contributed by atoms with van der Waals surface area (Å²) in [5.41, 5.74) is 0.746. The largest absolute Gasteiger partial charge is 0.493 e. The van der Waals surface area contributed by atoms with Crippen molar-refractivity contribution in [3.8, 4) is 11.5 Å². The van der Waals surface area contributed by atoms with Crippen LogP contribution in [0.15, 0.2) is 24.3 Å². The van der Waals surface area contributed by atoms with Crippen molar-refractivity contribution >= 4 is 18.0 Å². The number of hydrogen-bond acceptors (Lipinski definition) is 6. The van der Waals surface area contributed by atoms with E-state index in [1.54, 1.807) is 31.4 Å². The van der Waals surface area contributed by atoms with Gasteiger partial charge in [-0.2, -0.15) is 0 Å². The molecule has 0 aliphatic carbocycles. The molecule has 0 heterocycles. The van der Waals surface area contributed by atoms with Gasteiger partial charge in [0, 0.05) is 19.4 Å². The van der Waals surface area contributed by atoms with Gasteiger partial charge in [0.25, 0.3) is 0 Å². The second-order valence-electron chi connectivity index (χ2n) is 4.69. The zero-order valence-electron chi connectivity index (χ0n) is 13.8. The van der Waals surface area contributed by atoms with Crippen molar-refractivity contribution in [3.05, 3.63) is 29.8 Å². The van der Waals surface area contributed by atoms with Crippen molar-refractivity contribution < 1.29 is 28.5 Å². The number of hydrogen-bond donors (Lipinski definition) is 0. The normalized spacial score (nSPS) is 11.8. The van der Waals surface area contributed by atoms with E-state index in [4.69, 9.17) is 18.9 Å². The molecule has 126 valence electrons. The van der Waals surface area contributed by atoms with E-state index in [1.165, 1.54) is 20.1 Å². The average Bonchev–Trinajstić information content (AvgIpc) is 2.52. The van der Waals surface area contributed by atoms with Gasteiger partial charge in [-0.25, -0.2) is 4.79 Å². The molecule has 0 fully saturated rings. The lowest BCUT2D eigenvalue weighted by Crippen LogP contribution is -2.20. The quantitative estimate of drug-likeness (QED) is 0.416. The Morgan fingerprint density at radius 3 is 2.43 bits per heavy atom. The lowest BCUT2D eigenvalue weighted by Gasteiger charge is -2.12. The summed E-state index contributed by atoms with van der Waals surface area (Å²) in [6, 6.07) is 5.24. The zero-order valence-corrected chi connectivity index (χ0v) is 13.8. The van der Waals surface area contributed by atoms with Crippen LogP contribution < -0.4 is 9.47 Å². The summed E-state index contributed by atoms with van der Waals surface area (Å²) in [6.07, 6.45) is 2.88. The lowest BCUT2D eigenvalue weighted by molar-refractivity contribution is -0.180. The standard InChI is InChI=1S/C17H22O6/c1-5-6-16(18)22-12(2)23-17(19)10-8-13-7-9-14(20-3)15(11-13)21-4/h7-12H,5-6H2,1-4H3. The van der Waals surface area contributed by atoms with Crippen molar-refractivity contribution in [2.24, 2.45) is 0 Å². The van der Waals surface area contributed by atoms with Crippen molar-refractivity contribution in [2.45, 2.75) is 33.0 Å². The maximum Gasteiger partial charge on any atom is 0.333 e. The van der Waals surface area contributed by atoms with E-state index in [9.17, 15) is 9.59 Å². The van der Waals surface area contributed by atoms with Crippen LogP contribution in [0, 0.1) is 0 Å². The molecule has 6 nitrogen and oxygen atoms in total. The number of esters is 2. The molecular weight excluding hydrogens is 300 g/mol. The Balaban J connectivity index is 2.59. The first-order chi connectivity index (χ1) is 11.0. The van der Waals surface area contributed by atoms with Gasteiger partial charge < -0.3 is 18.9 Å². The molecule has 0 aliphatic rings. The minimum atomic E-state index is -0.920. The number of ether oxygens (including phenoxy) is 4. The minimum Gasteiger partial charge on any atom is -0.493 e. The van der Waals surface area contributed by atoms with Gasteiger partial charge in [0.15, 0.2) is 11.5 Å². The van der Waals surface area contributed by atoms with Crippen LogP contribution in [-0.2, 0) is 19.1 Å². The van der Waals surface area contributed by atoms with Gasteiger partial charge in [0.05, 0.1) is 14.2 Å². The monoisotopic (exact) mass is 322 g/mol. The third-order valence-corrected chi connectivity index (χ3v) is 2.85. The molecule has 1 unspecified atom stereocenters. The fourth-order valence-corrected chi connectivity index (χ4v) is 1.80. The molecule has 0 saturated carbocycles.